The number of hydrogen-bond acceptors (Lipinski definition) is 4. The summed E-state index contributed by atoms with van der Waals surface area (Å²) in [6, 6.07) is 7.87. The number of anilines is 1. The van der Waals surface area contributed by atoms with Crippen LogP contribution >= 0.6 is 0 Å². The topological polar surface area (TPSA) is 68.1 Å². The fourth-order valence-corrected chi connectivity index (χ4v) is 1.86. The number of aromatic nitrogens is 1. The first-order valence-corrected chi connectivity index (χ1v) is 6.15. The Balaban J connectivity index is 1.96. The normalized spacial score (nSPS) is 10.3. The van der Waals surface area contributed by atoms with Crippen molar-refractivity contribution in [2.75, 3.05) is 11.9 Å². The lowest BCUT2D eigenvalue weighted by atomic mass is 10.1. The lowest BCUT2D eigenvalue weighted by Gasteiger charge is -2.08. The maximum atomic E-state index is 13.0. The fourth-order valence-electron chi connectivity index (χ4n) is 1.86. The number of hydrogen-bond donors (Lipinski definition) is 1. The summed E-state index contributed by atoms with van der Waals surface area (Å²) in [4.78, 5) is 14.2. The molecule has 0 fully saturated rings. The molecule has 0 bridgehead atoms. The van der Waals surface area contributed by atoms with Crippen molar-refractivity contribution in [1.29, 1.82) is 0 Å². The minimum absolute atomic E-state index is 0.0295. The number of rotatable bonds is 5. The fraction of sp³-hybridized carbons (Fsp3) is 0.214. The van der Waals surface area contributed by atoms with Gasteiger partial charge in [-0.2, -0.15) is 0 Å². The van der Waals surface area contributed by atoms with Crippen LogP contribution in [0.4, 0.5) is 15.9 Å². The van der Waals surface area contributed by atoms with Crippen LogP contribution in [0.2, 0.25) is 0 Å². The van der Waals surface area contributed by atoms with Crippen molar-refractivity contribution in [3.63, 3.8) is 0 Å². The van der Waals surface area contributed by atoms with Crippen molar-refractivity contribution in [1.82, 2.24) is 4.98 Å². The van der Waals surface area contributed by atoms with Crippen LogP contribution < -0.4 is 5.32 Å². The molecular weight excluding hydrogens is 261 g/mol. The number of benzene rings is 1. The highest BCUT2D eigenvalue weighted by atomic mass is 19.1. The number of halogens is 1. The minimum Gasteiger partial charge on any atom is -0.370 e. The quantitative estimate of drug-likeness (QED) is 0.672. The molecule has 104 valence electrons. The van der Waals surface area contributed by atoms with E-state index >= 15 is 0 Å². The Morgan fingerprint density at radius 3 is 2.85 bits per heavy atom. The third kappa shape index (κ3) is 3.50. The van der Waals surface area contributed by atoms with E-state index in [1.807, 2.05) is 6.07 Å². The Labute approximate surface area is 115 Å². The molecule has 0 radical (unpaired) electrons. The Morgan fingerprint density at radius 2 is 2.20 bits per heavy atom. The Hall–Kier alpha value is -2.50. The smallest absolute Gasteiger partial charge is 0.287 e. The molecule has 2 rings (SSSR count). The predicted octanol–water partition coefficient (Wildman–Crippen LogP) is 3.09. The van der Waals surface area contributed by atoms with Crippen LogP contribution in [0.3, 0.4) is 0 Å². The van der Waals surface area contributed by atoms with Crippen molar-refractivity contribution >= 4 is 11.5 Å². The highest BCUT2D eigenvalue weighted by Gasteiger charge is 2.09. The minimum atomic E-state index is -0.476. The van der Waals surface area contributed by atoms with Gasteiger partial charge in [0.05, 0.1) is 4.92 Å². The Bertz CT molecular complexity index is 632. The second-order valence-corrected chi connectivity index (χ2v) is 4.42. The van der Waals surface area contributed by atoms with E-state index in [1.165, 1.54) is 24.4 Å². The molecule has 20 heavy (non-hydrogen) atoms. The van der Waals surface area contributed by atoms with E-state index in [2.05, 4.69) is 10.3 Å². The second kappa shape index (κ2) is 6.10. The van der Waals surface area contributed by atoms with Gasteiger partial charge in [-0.05, 0) is 36.6 Å². The van der Waals surface area contributed by atoms with Gasteiger partial charge < -0.3 is 5.32 Å². The van der Waals surface area contributed by atoms with Gasteiger partial charge in [-0.3, -0.25) is 10.1 Å². The maximum absolute atomic E-state index is 13.0. The van der Waals surface area contributed by atoms with E-state index < -0.39 is 4.92 Å². The summed E-state index contributed by atoms with van der Waals surface area (Å²) in [5.74, 6) is 0.346. The molecule has 0 spiro atoms. The van der Waals surface area contributed by atoms with Gasteiger partial charge in [-0.25, -0.2) is 9.37 Å². The highest BCUT2D eigenvalue weighted by Crippen LogP contribution is 2.17. The number of aryl methyl sites for hydroxylation is 1. The number of nitrogens with one attached hydrogen (secondary N) is 1. The number of nitrogens with zero attached hydrogens (tertiary/aromatic N) is 2. The van der Waals surface area contributed by atoms with E-state index in [4.69, 9.17) is 0 Å². The highest BCUT2D eigenvalue weighted by molar-refractivity contribution is 5.48. The number of nitro groups is 1. The van der Waals surface area contributed by atoms with Crippen LogP contribution in [0.25, 0.3) is 0 Å². The summed E-state index contributed by atoms with van der Waals surface area (Å²) >= 11 is 0. The predicted molar refractivity (Wildman–Crippen MR) is 74.2 cm³/mol. The molecule has 0 aliphatic rings. The van der Waals surface area contributed by atoms with Crippen molar-refractivity contribution in [2.24, 2.45) is 0 Å². The SMILES string of the molecule is Cc1cc([N+](=O)[O-])cnc1NCCc1cccc(F)c1. The van der Waals surface area contributed by atoms with E-state index in [9.17, 15) is 14.5 Å². The average molecular weight is 275 g/mol. The molecule has 0 aliphatic heterocycles. The molecule has 0 aliphatic carbocycles. The van der Waals surface area contributed by atoms with E-state index in [1.54, 1.807) is 13.0 Å². The van der Waals surface area contributed by atoms with Gasteiger partial charge in [0.25, 0.3) is 5.69 Å². The molecule has 6 heteroatoms. The molecule has 1 aromatic carbocycles. The van der Waals surface area contributed by atoms with Crippen molar-refractivity contribution < 1.29 is 9.31 Å². The maximum Gasteiger partial charge on any atom is 0.287 e. The van der Waals surface area contributed by atoms with Gasteiger partial charge in [0.15, 0.2) is 0 Å². The first-order chi connectivity index (χ1) is 9.56. The third-order valence-electron chi connectivity index (χ3n) is 2.87. The standard InChI is InChI=1S/C14H14FN3O2/c1-10-7-13(18(19)20)9-17-14(10)16-6-5-11-3-2-4-12(15)8-11/h2-4,7-9H,5-6H2,1H3,(H,16,17). The zero-order valence-electron chi connectivity index (χ0n) is 11.0. The van der Waals surface area contributed by atoms with Crippen LogP contribution in [0, 0.1) is 22.9 Å². The zero-order chi connectivity index (χ0) is 14.5. The van der Waals surface area contributed by atoms with Crippen LogP contribution in [0.15, 0.2) is 36.5 Å². The van der Waals surface area contributed by atoms with Crippen LogP contribution in [-0.4, -0.2) is 16.5 Å². The van der Waals surface area contributed by atoms with E-state index in [-0.39, 0.29) is 11.5 Å². The van der Waals surface area contributed by atoms with Gasteiger partial charge >= 0.3 is 0 Å². The van der Waals surface area contributed by atoms with E-state index in [0.717, 1.165) is 5.56 Å². The summed E-state index contributed by atoms with van der Waals surface area (Å²) in [6.45, 7) is 2.33. The zero-order valence-corrected chi connectivity index (χ0v) is 11.0. The average Bonchev–Trinajstić information content (AvgIpc) is 2.40. The van der Waals surface area contributed by atoms with Crippen molar-refractivity contribution in [3.05, 3.63) is 63.6 Å². The third-order valence-corrected chi connectivity index (χ3v) is 2.87. The monoisotopic (exact) mass is 275 g/mol. The number of pyridine rings is 1. The van der Waals surface area contributed by atoms with E-state index in [0.29, 0.717) is 24.3 Å². The van der Waals surface area contributed by atoms with Gasteiger partial charge in [0.2, 0.25) is 0 Å². The molecule has 1 N–H and O–H groups in total. The lowest BCUT2D eigenvalue weighted by molar-refractivity contribution is -0.385. The summed E-state index contributed by atoms with van der Waals surface area (Å²) in [6.07, 6.45) is 1.87. The van der Waals surface area contributed by atoms with Crippen LogP contribution in [0.5, 0.6) is 0 Å². The van der Waals surface area contributed by atoms with Crippen molar-refractivity contribution in [3.8, 4) is 0 Å². The first kappa shape index (κ1) is 13.9. The summed E-state index contributed by atoms with van der Waals surface area (Å²) in [5.41, 5.74) is 1.56. The molecule has 0 saturated carbocycles. The Morgan fingerprint density at radius 1 is 1.40 bits per heavy atom. The van der Waals surface area contributed by atoms with Gasteiger partial charge in [-0.15, -0.1) is 0 Å². The molecular formula is C14H14FN3O2. The molecule has 0 unspecified atom stereocenters. The molecule has 0 amide bonds. The molecule has 1 heterocycles. The molecule has 0 atom stereocenters. The molecule has 0 saturated heterocycles. The first-order valence-electron chi connectivity index (χ1n) is 6.15. The van der Waals surface area contributed by atoms with Gasteiger partial charge in [0, 0.05) is 12.6 Å². The second-order valence-electron chi connectivity index (χ2n) is 4.42. The summed E-state index contributed by atoms with van der Waals surface area (Å²) in [5, 5.41) is 13.7. The lowest BCUT2D eigenvalue weighted by Crippen LogP contribution is -2.08. The molecule has 2 aromatic rings. The summed E-state index contributed by atoms with van der Waals surface area (Å²) in [7, 11) is 0. The largest absolute Gasteiger partial charge is 0.370 e. The van der Waals surface area contributed by atoms with Gasteiger partial charge in [0.1, 0.15) is 17.8 Å². The molecule has 5 nitrogen and oxygen atoms in total. The summed E-state index contributed by atoms with van der Waals surface area (Å²) < 4.78 is 13.0. The van der Waals surface area contributed by atoms with Gasteiger partial charge in [-0.1, -0.05) is 12.1 Å². The molecule has 1 aromatic heterocycles. The van der Waals surface area contributed by atoms with Crippen molar-refractivity contribution in [2.45, 2.75) is 13.3 Å². The van der Waals surface area contributed by atoms with Crippen LogP contribution in [0.1, 0.15) is 11.1 Å². The van der Waals surface area contributed by atoms with Crippen LogP contribution in [-0.2, 0) is 6.42 Å². The Kier molecular flexibility index (Phi) is 4.24.